The average Bonchev–Trinajstić information content (AvgIpc) is 2.98. The molecule has 1 amide bonds. The van der Waals surface area contributed by atoms with E-state index in [2.05, 4.69) is 20.6 Å². The normalized spacial score (nSPS) is 13.0. The Hall–Kier alpha value is -5.32. The number of carboxylic acids is 2. The number of hydrogen-bond acceptors (Lipinski definition) is 10. The minimum atomic E-state index is -4.60. The highest BCUT2D eigenvalue weighted by molar-refractivity contribution is 7.85. The predicted molar refractivity (Wildman–Crippen MR) is 153 cm³/mol. The summed E-state index contributed by atoms with van der Waals surface area (Å²) in [7, 11) is -4.60. The number of hydrazine groups is 1. The summed E-state index contributed by atoms with van der Waals surface area (Å²) in [5.74, 6) is 6.13. The number of carboxylic acid groups (broad SMARTS) is 2. The van der Waals surface area contributed by atoms with Gasteiger partial charge in [-0.25, -0.2) is 10.9 Å². The van der Waals surface area contributed by atoms with Gasteiger partial charge in [0.25, 0.3) is 16.0 Å². The van der Waals surface area contributed by atoms with Crippen LogP contribution >= 0.6 is 0 Å². The molecule has 0 saturated heterocycles. The molecular weight excluding hydrogens is 582 g/mol. The van der Waals surface area contributed by atoms with E-state index in [9.17, 15) is 27.4 Å². The van der Waals surface area contributed by atoms with Crippen LogP contribution in [-0.4, -0.2) is 41.0 Å². The van der Waals surface area contributed by atoms with Crippen LogP contribution in [0.4, 0.5) is 22.7 Å². The van der Waals surface area contributed by atoms with Crippen molar-refractivity contribution >= 4 is 62.9 Å². The summed E-state index contributed by atoms with van der Waals surface area (Å²) < 4.78 is 33.9. The van der Waals surface area contributed by atoms with E-state index in [0.717, 1.165) is 11.1 Å². The molecule has 3 aromatic rings. The van der Waals surface area contributed by atoms with Crippen LogP contribution in [0.1, 0.15) is 28.8 Å². The number of hydrogen-bond donors (Lipinski definition) is 5. The minimum absolute atomic E-state index is 0.0121. The van der Waals surface area contributed by atoms with E-state index < -0.39 is 33.9 Å². The maximum Gasteiger partial charge on any atom is 0.318 e. The van der Waals surface area contributed by atoms with E-state index in [-0.39, 0.29) is 44.8 Å². The molecule has 0 spiro atoms. The van der Waals surface area contributed by atoms with Crippen LogP contribution in [0.2, 0.25) is 0 Å². The van der Waals surface area contributed by atoms with Crippen molar-refractivity contribution in [3.63, 3.8) is 0 Å². The molecule has 7 N–H and O–H groups in total. The number of fused-ring (bicyclic) bond motifs is 1. The topological polar surface area (TPSA) is 251 Å². The first kappa shape index (κ1) is 30.6. The first-order chi connectivity index (χ1) is 20.4. The van der Waals surface area contributed by atoms with E-state index in [1.807, 2.05) is 0 Å². The zero-order chi connectivity index (χ0) is 31.3. The molecule has 43 heavy (non-hydrogen) atoms. The molecule has 0 heterocycles. The van der Waals surface area contributed by atoms with Crippen molar-refractivity contribution in [3.8, 4) is 0 Å². The highest BCUT2D eigenvalue weighted by atomic mass is 32.2. The van der Waals surface area contributed by atoms with Gasteiger partial charge in [0.15, 0.2) is 5.92 Å². The number of anilines is 1. The van der Waals surface area contributed by atoms with E-state index in [4.69, 9.17) is 21.9 Å². The molecule has 16 heteroatoms. The van der Waals surface area contributed by atoms with E-state index in [1.54, 1.807) is 12.2 Å². The molecule has 222 valence electrons. The Morgan fingerprint density at radius 2 is 1.49 bits per heavy atom. The highest BCUT2D eigenvalue weighted by Gasteiger charge is 2.26. The fourth-order valence-corrected chi connectivity index (χ4v) is 5.07. The molecule has 0 atom stereocenters. The maximum absolute atomic E-state index is 12.9. The molecule has 0 radical (unpaired) electrons. The van der Waals surface area contributed by atoms with Gasteiger partial charge in [-0.2, -0.15) is 13.5 Å². The van der Waals surface area contributed by atoms with Crippen molar-refractivity contribution in [2.24, 2.45) is 38.2 Å². The fraction of sp³-hybridized carbons (Fsp3) is 0.148. The number of carbonyl (C=O) groups excluding carboxylic acids is 1. The van der Waals surface area contributed by atoms with Crippen molar-refractivity contribution < 1.29 is 37.6 Å². The largest absolute Gasteiger partial charge is 0.481 e. The molecule has 0 aliphatic heterocycles. The van der Waals surface area contributed by atoms with Crippen LogP contribution in [0, 0.1) is 5.92 Å². The second kappa shape index (κ2) is 12.7. The average molecular weight is 608 g/mol. The number of carbonyl (C=O) groups is 3. The zero-order valence-corrected chi connectivity index (χ0v) is 23.0. The number of nitrogens with two attached hydrogens (primary N) is 2. The summed E-state index contributed by atoms with van der Waals surface area (Å²) in [5.41, 5.74) is 1.34. The van der Waals surface area contributed by atoms with Gasteiger partial charge in [0, 0.05) is 16.0 Å². The number of azo groups is 1. The number of aliphatic carboxylic acids is 2. The molecule has 4 rings (SSSR count). The standard InChI is InChI=1S/C27H25N7O8S/c28-33-32-24-20-4-2-1-3-19(20)23(43(40,41)42)14-22(24)31-30-17-9-7-16(8-10-17)25(35)34(29)18-11-5-15(6-12-18)13-21(26(36)37)27(38)39/h3-12,14,21H,1-2,13,29H2,(H2,28,32)(H,36,37)(H,38,39)(H,40,41,42). The fourth-order valence-electron chi connectivity index (χ4n) is 4.34. The van der Waals surface area contributed by atoms with Crippen LogP contribution in [0.3, 0.4) is 0 Å². The van der Waals surface area contributed by atoms with Crippen molar-refractivity contribution in [1.29, 1.82) is 0 Å². The number of rotatable bonds is 10. The van der Waals surface area contributed by atoms with Crippen molar-refractivity contribution in [2.45, 2.75) is 24.2 Å². The highest BCUT2D eigenvalue weighted by Crippen LogP contribution is 2.29. The Morgan fingerprint density at radius 1 is 0.884 bits per heavy atom. The predicted octanol–water partition coefficient (Wildman–Crippen LogP) is 2.51. The summed E-state index contributed by atoms with van der Waals surface area (Å²) in [4.78, 5) is 34.8. The monoisotopic (exact) mass is 607 g/mol. The van der Waals surface area contributed by atoms with E-state index in [0.29, 0.717) is 23.6 Å². The van der Waals surface area contributed by atoms with Crippen molar-refractivity contribution in [1.82, 2.24) is 0 Å². The lowest BCUT2D eigenvalue weighted by Gasteiger charge is -2.17. The second-order valence-corrected chi connectivity index (χ2v) is 10.7. The third-order valence-corrected chi connectivity index (χ3v) is 7.37. The summed E-state index contributed by atoms with van der Waals surface area (Å²) >= 11 is 0. The van der Waals surface area contributed by atoms with Gasteiger partial charge < -0.3 is 16.1 Å². The van der Waals surface area contributed by atoms with Crippen LogP contribution in [0.15, 0.2) is 80.1 Å². The van der Waals surface area contributed by atoms with Crippen LogP contribution < -0.4 is 27.1 Å². The molecule has 0 bridgehead atoms. The third kappa shape index (κ3) is 6.95. The number of benzene rings is 3. The third-order valence-electron chi connectivity index (χ3n) is 6.48. The smallest absolute Gasteiger partial charge is 0.318 e. The molecule has 1 aliphatic carbocycles. The first-order valence-electron chi connectivity index (χ1n) is 12.5. The summed E-state index contributed by atoms with van der Waals surface area (Å²) in [6, 6.07) is 12.8. The van der Waals surface area contributed by atoms with Crippen molar-refractivity contribution in [2.75, 3.05) is 5.01 Å². The first-order valence-corrected chi connectivity index (χ1v) is 14.0. The SMILES string of the molecule is NN=Nc1c(N=Nc2ccc(C(=O)N(N)c3ccc(CC(C(=O)O)C(=O)O)cc3)cc2)cc(S(=O)(=O)O)c2c1=CCCC=2. The molecule has 0 unspecified atom stereocenters. The molecule has 1 aliphatic rings. The molecule has 0 saturated carbocycles. The van der Waals surface area contributed by atoms with Crippen LogP contribution in [0.5, 0.6) is 0 Å². The molecule has 0 fully saturated rings. The second-order valence-electron chi connectivity index (χ2n) is 9.27. The van der Waals surface area contributed by atoms with Gasteiger partial charge in [0.2, 0.25) is 0 Å². The van der Waals surface area contributed by atoms with Gasteiger partial charge in [0.05, 0.1) is 11.4 Å². The molecular formula is C27H25N7O8S. The minimum Gasteiger partial charge on any atom is -0.481 e. The summed E-state index contributed by atoms with van der Waals surface area (Å²) in [6.45, 7) is 0. The van der Waals surface area contributed by atoms with Gasteiger partial charge in [-0.05, 0) is 67.3 Å². The van der Waals surface area contributed by atoms with Crippen LogP contribution in [-0.2, 0) is 26.1 Å². The lowest BCUT2D eigenvalue weighted by Crippen LogP contribution is -2.37. The Morgan fingerprint density at radius 3 is 2.05 bits per heavy atom. The van der Waals surface area contributed by atoms with Crippen LogP contribution in [0.25, 0.3) is 12.2 Å². The van der Waals surface area contributed by atoms with Gasteiger partial charge in [-0.3, -0.25) is 18.9 Å². The van der Waals surface area contributed by atoms with E-state index >= 15 is 0 Å². The van der Waals surface area contributed by atoms with Crippen molar-refractivity contribution in [3.05, 3.63) is 76.2 Å². The van der Waals surface area contributed by atoms with Gasteiger partial charge >= 0.3 is 11.9 Å². The lowest BCUT2D eigenvalue weighted by molar-refractivity contribution is -0.154. The van der Waals surface area contributed by atoms with E-state index in [1.165, 1.54) is 48.5 Å². The number of amides is 1. The quantitative estimate of drug-likeness (QED) is 0.0562. The summed E-state index contributed by atoms with van der Waals surface area (Å²) in [6.07, 6.45) is 4.32. The Labute approximate surface area is 243 Å². The summed E-state index contributed by atoms with van der Waals surface area (Å²) in [5, 5.41) is 35.0. The van der Waals surface area contributed by atoms with Gasteiger partial charge in [0.1, 0.15) is 16.3 Å². The Balaban J connectivity index is 1.55. The molecule has 3 aromatic carbocycles. The molecule has 15 nitrogen and oxygen atoms in total. The van der Waals surface area contributed by atoms with Gasteiger partial charge in [-0.15, -0.1) is 10.2 Å². The Kier molecular flexibility index (Phi) is 9.03. The molecule has 0 aromatic heterocycles. The Bertz CT molecular complexity index is 1860. The van der Waals surface area contributed by atoms with Gasteiger partial charge in [-0.1, -0.05) is 29.5 Å². The maximum atomic E-state index is 12.9. The number of nitrogens with zero attached hydrogens (tertiary/aromatic N) is 5. The zero-order valence-electron chi connectivity index (χ0n) is 22.2. The lowest BCUT2D eigenvalue weighted by atomic mass is 9.99.